The molecule has 1 aliphatic rings. The maximum absolute atomic E-state index is 12.3. The third-order valence-electron chi connectivity index (χ3n) is 5.92. The van der Waals surface area contributed by atoms with Crippen molar-refractivity contribution in [2.24, 2.45) is 0 Å². The van der Waals surface area contributed by atoms with Gasteiger partial charge in [0.05, 0.1) is 23.2 Å². The van der Waals surface area contributed by atoms with E-state index in [0.717, 1.165) is 16.4 Å². The average Bonchev–Trinajstić information content (AvgIpc) is 3.11. The van der Waals surface area contributed by atoms with Crippen molar-refractivity contribution in [2.45, 2.75) is 38.5 Å². The maximum Gasteiger partial charge on any atom is 0.319 e. The van der Waals surface area contributed by atoms with Crippen LogP contribution in [0.4, 0.5) is 10.6 Å². The molecule has 3 aromatic rings. The monoisotopic (exact) mass is 426 g/mol. The fourth-order valence-electron chi connectivity index (χ4n) is 4.23. The van der Waals surface area contributed by atoms with Crippen molar-refractivity contribution in [3.05, 3.63) is 30.1 Å². The minimum absolute atomic E-state index is 0.0305. The molecule has 2 aromatic heterocycles. The molecule has 166 valence electrons. The van der Waals surface area contributed by atoms with Gasteiger partial charge in [-0.2, -0.15) is 0 Å². The van der Waals surface area contributed by atoms with Crippen LogP contribution in [0.1, 0.15) is 25.6 Å². The Morgan fingerprint density at radius 3 is 2.65 bits per heavy atom. The molecule has 1 saturated heterocycles. The predicted octanol–water partition coefficient (Wildman–Crippen LogP) is 2.21. The molecular formula is C22H30N6O3. The summed E-state index contributed by atoms with van der Waals surface area (Å²) >= 11 is 0. The Bertz CT molecular complexity index is 1100. The van der Waals surface area contributed by atoms with E-state index in [4.69, 9.17) is 15.5 Å². The third-order valence-corrected chi connectivity index (χ3v) is 5.92. The van der Waals surface area contributed by atoms with E-state index in [1.54, 1.807) is 23.9 Å². The Labute approximate surface area is 181 Å². The van der Waals surface area contributed by atoms with Gasteiger partial charge >= 0.3 is 6.03 Å². The van der Waals surface area contributed by atoms with E-state index in [1.807, 2.05) is 35.8 Å². The van der Waals surface area contributed by atoms with Gasteiger partial charge in [0.15, 0.2) is 5.82 Å². The first kappa shape index (κ1) is 21.3. The number of anilines is 1. The Kier molecular flexibility index (Phi) is 5.72. The van der Waals surface area contributed by atoms with E-state index in [0.29, 0.717) is 62.8 Å². The van der Waals surface area contributed by atoms with Gasteiger partial charge in [-0.15, -0.1) is 0 Å². The van der Waals surface area contributed by atoms with Gasteiger partial charge < -0.3 is 29.9 Å². The Morgan fingerprint density at radius 2 is 1.97 bits per heavy atom. The number of nitrogens with zero attached hydrogens (tertiary/aromatic N) is 5. The van der Waals surface area contributed by atoms with Crippen LogP contribution in [0.3, 0.4) is 0 Å². The lowest BCUT2D eigenvalue weighted by molar-refractivity contribution is -0.0281. The molecule has 9 heteroatoms. The zero-order valence-electron chi connectivity index (χ0n) is 18.3. The maximum atomic E-state index is 12.3. The molecule has 0 unspecified atom stereocenters. The van der Waals surface area contributed by atoms with Crippen LogP contribution in [0, 0.1) is 0 Å². The topological polar surface area (TPSA) is 110 Å². The summed E-state index contributed by atoms with van der Waals surface area (Å²) in [5.41, 5.74) is 7.55. The number of aliphatic hydroxyl groups is 1. The Balaban J connectivity index is 1.73. The van der Waals surface area contributed by atoms with Crippen molar-refractivity contribution in [1.29, 1.82) is 0 Å². The van der Waals surface area contributed by atoms with Crippen LogP contribution in [0.15, 0.2) is 24.3 Å². The molecule has 0 bridgehead atoms. The first-order valence-electron chi connectivity index (χ1n) is 10.6. The standard InChI is InChI=1S/C22H30N6O3/c1-4-31-13-17-25-18-19(15-7-5-6-8-16(15)24-20(18)23)28(17)14-22(30)9-11-27(12-10-22)21(29)26(2)3/h5-8,30H,4,9-14H2,1-3H3,(H2,23,24). The third kappa shape index (κ3) is 4.03. The number of likely N-dealkylation sites (tertiary alicyclic amines) is 1. The van der Waals surface area contributed by atoms with Gasteiger partial charge in [0.2, 0.25) is 0 Å². The average molecular weight is 427 g/mol. The number of urea groups is 1. The van der Waals surface area contributed by atoms with Crippen LogP contribution in [-0.4, -0.2) is 74.9 Å². The summed E-state index contributed by atoms with van der Waals surface area (Å²) in [4.78, 5) is 24.8. The normalized spacial score (nSPS) is 16.2. The van der Waals surface area contributed by atoms with E-state index in [-0.39, 0.29) is 6.03 Å². The molecule has 0 spiro atoms. The fourth-order valence-corrected chi connectivity index (χ4v) is 4.23. The highest BCUT2D eigenvalue weighted by Gasteiger charge is 2.36. The summed E-state index contributed by atoms with van der Waals surface area (Å²) in [6, 6.07) is 7.77. The predicted molar refractivity (Wildman–Crippen MR) is 120 cm³/mol. The highest BCUT2D eigenvalue weighted by Crippen LogP contribution is 2.32. The first-order chi connectivity index (χ1) is 14.8. The van der Waals surface area contributed by atoms with Crippen molar-refractivity contribution < 1.29 is 14.6 Å². The van der Waals surface area contributed by atoms with Crippen LogP contribution in [0.2, 0.25) is 0 Å². The lowest BCUT2D eigenvalue weighted by Crippen LogP contribution is -2.51. The van der Waals surface area contributed by atoms with Crippen molar-refractivity contribution >= 4 is 33.8 Å². The number of amides is 2. The second kappa shape index (κ2) is 8.32. The number of nitrogens with two attached hydrogens (primary N) is 1. The lowest BCUT2D eigenvalue weighted by Gasteiger charge is -2.39. The summed E-state index contributed by atoms with van der Waals surface area (Å²) in [7, 11) is 3.48. The molecule has 0 atom stereocenters. The number of fused-ring (bicyclic) bond motifs is 3. The van der Waals surface area contributed by atoms with Crippen LogP contribution in [-0.2, 0) is 17.9 Å². The van der Waals surface area contributed by atoms with Crippen LogP contribution in [0.5, 0.6) is 0 Å². The quantitative estimate of drug-likeness (QED) is 0.647. The number of imidazole rings is 1. The Hall–Kier alpha value is -2.91. The minimum Gasteiger partial charge on any atom is -0.388 e. The van der Waals surface area contributed by atoms with Gasteiger partial charge in [0.25, 0.3) is 0 Å². The SMILES string of the molecule is CCOCc1nc2c(N)nc3ccccc3c2n1CC1(O)CCN(C(=O)N(C)C)CC1. The number of pyridine rings is 1. The largest absolute Gasteiger partial charge is 0.388 e. The number of hydrogen-bond donors (Lipinski definition) is 2. The number of rotatable bonds is 5. The highest BCUT2D eigenvalue weighted by molar-refractivity contribution is 6.06. The van der Waals surface area contributed by atoms with Crippen molar-refractivity contribution in [3.8, 4) is 0 Å². The van der Waals surface area contributed by atoms with E-state index in [9.17, 15) is 9.90 Å². The van der Waals surface area contributed by atoms with Crippen LogP contribution < -0.4 is 5.73 Å². The van der Waals surface area contributed by atoms with Gasteiger partial charge in [-0.3, -0.25) is 0 Å². The van der Waals surface area contributed by atoms with E-state index in [1.165, 1.54) is 0 Å². The number of aromatic nitrogens is 3. The zero-order chi connectivity index (χ0) is 22.2. The highest BCUT2D eigenvalue weighted by atomic mass is 16.5. The number of nitrogen functional groups attached to an aromatic ring is 1. The molecule has 1 fully saturated rings. The number of carbonyl (C=O) groups excluding carboxylic acids is 1. The summed E-state index contributed by atoms with van der Waals surface area (Å²) in [5.74, 6) is 1.07. The summed E-state index contributed by atoms with van der Waals surface area (Å²) in [6.07, 6.45) is 0.970. The van der Waals surface area contributed by atoms with E-state index >= 15 is 0 Å². The van der Waals surface area contributed by atoms with E-state index < -0.39 is 5.60 Å². The van der Waals surface area contributed by atoms with Crippen molar-refractivity contribution in [2.75, 3.05) is 39.5 Å². The molecule has 0 saturated carbocycles. The molecule has 9 nitrogen and oxygen atoms in total. The van der Waals surface area contributed by atoms with Crippen molar-refractivity contribution in [3.63, 3.8) is 0 Å². The number of benzene rings is 1. The van der Waals surface area contributed by atoms with Crippen LogP contribution in [0.25, 0.3) is 21.9 Å². The minimum atomic E-state index is -0.961. The number of ether oxygens (including phenoxy) is 1. The van der Waals surface area contributed by atoms with Gasteiger partial charge in [-0.1, -0.05) is 18.2 Å². The number of hydrogen-bond acceptors (Lipinski definition) is 6. The second-order valence-electron chi connectivity index (χ2n) is 8.35. The van der Waals surface area contributed by atoms with Crippen LogP contribution >= 0.6 is 0 Å². The molecule has 1 aliphatic heterocycles. The molecule has 3 heterocycles. The smallest absolute Gasteiger partial charge is 0.319 e. The lowest BCUT2D eigenvalue weighted by atomic mass is 9.91. The van der Waals surface area contributed by atoms with E-state index in [2.05, 4.69) is 4.98 Å². The molecule has 31 heavy (non-hydrogen) atoms. The first-order valence-corrected chi connectivity index (χ1v) is 10.6. The summed E-state index contributed by atoms with van der Waals surface area (Å²) < 4.78 is 7.68. The number of piperidine rings is 1. The van der Waals surface area contributed by atoms with Gasteiger partial charge in [-0.25, -0.2) is 14.8 Å². The second-order valence-corrected chi connectivity index (χ2v) is 8.35. The fraction of sp³-hybridized carbons (Fsp3) is 0.500. The Morgan fingerprint density at radius 1 is 1.26 bits per heavy atom. The van der Waals surface area contributed by atoms with Gasteiger partial charge in [0.1, 0.15) is 17.9 Å². The number of carbonyl (C=O) groups is 1. The molecule has 0 radical (unpaired) electrons. The molecule has 4 rings (SSSR count). The molecule has 1 aromatic carbocycles. The molecular weight excluding hydrogens is 396 g/mol. The molecule has 3 N–H and O–H groups in total. The van der Waals surface area contributed by atoms with Crippen molar-refractivity contribution in [1.82, 2.24) is 24.3 Å². The zero-order valence-corrected chi connectivity index (χ0v) is 18.3. The molecule has 2 amide bonds. The summed E-state index contributed by atoms with van der Waals surface area (Å²) in [6.45, 7) is 4.17. The summed E-state index contributed by atoms with van der Waals surface area (Å²) in [5, 5.41) is 12.4. The van der Waals surface area contributed by atoms with Gasteiger partial charge in [-0.05, 0) is 25.8 Å². The number of para-hydroxylation sites is 1. The van der Waals surface area contributed by atoms with Gasteiger partial charge in [0, 0.05) is 39.2 Å². The molecule has 0 aliphatic carbocycles.